The molecule has 0 radical (unpaired) electrons. The van der Waals surface area contributed by atoms with Gasteiger partial charge in [-0.05, 0) is 24.1 Å². The number of aromatic nitrogens is 3. The molecule has 0 fully saturated rings. The number of H-pyrrole nitrogens is 1. The minimum Gasteiger partial charge on any atom is -0.383 e. The number of nitrogens with two attached hydrogens (primary N) is 1. The van der Waals surface area contributed by atoms with Gasteiger partial charge in [0.1, 0.15) is 17.3 Å². The van der Waals surface area contributed by atoms with Gasteiger partial charge in [0, 0.05) is 18.2 Å². The van der Waals surface area contributed by atoms with Crippen molar-refractivity contribution in [3.63, 3.8) is 0 Å². The molecule has 0 aliphatic heterocycles. The molecule has 2 aromatic heterocycles. The van der Waals surface area contributed by atoms with E-state index in [2.05, 4.69) is 10.1 Å². The van der Waals surface area contributed by atoms with Gasteiger partial charge in [-0.25, -0.2) is 9.18 Å². The van der Waals surface area contributed by atoms with Crippen LogP contribution in [0, 0.1) is 5.82 Å². The maximum Gasteiger partial charge on any atom is 0.330 e. The van der Waals surface area contributed by atoms with Gasteiger partial charge in [0.25, 0.3) is 11.5 Å². The molecule has 2 aromatic carbocycles. The van der Waals surface area contributed by atoms with Crippen LogP contribution in [0.5, 0.6) is 0 Å². The van der Waals surface area contributed by atoms with Gasteiger partial charge in [0.2, 0.25) is 5.76 Å². The molecule has 4 aromatic rings. The van der Waals surface area contributed by atoms with E-state index in [1.165, 1.54) is 33.7 Å². The standard InChI is InChI=1S/C25H24FN5O4/c1-2-3-12-30(24(33)20-14-19(29-35-20)17-10-7-11-18(26)13-17)21-22(27)31(25(34)28-23(21)32)15-16-8-5-4-6-9-16/h4-11,13-14H,2-3,12,15,27H2,1H3,(H,28,32,34). The first-order chi connectivity index (χ1) is 16.9. The van der Waals surface area contributed by atoms with Crippen molar-refractivity contribution in [3.05, 3.63) is 98.6 Å². The SMILES string of the molecule is CCCCN(C(=O)c1cc(-c2cccc(F)c2)no1)c1c(N)n(Cc2ccccc2)c(=O)[nH]c1=O. The summed E-state index contributed by atoms with van der Waals surface area (Å²) in [6.07, 6.45) is 1.30. The van der Waals surface area contributed by atoms with Crippen molar-refractivity contribution in [2.24, 2.45) is 0 Å². The minimum atomic E-state index is -0.786. The van der Waals surface area contributed by atoms with Crippen LogP contribution >= 0.6 is 0 Å². The summed E-state index contributed by atoms with van der Waals surface area (Å²) in [5, 5.41) is 3.88. The van der Waals surface area contributed by atoms with Crippen LogP contribution < -0.4 is 21.9 Å². The molecule has 0 aliphatic carbocycles. The molecular weight excluding hydrogens is 453 g/mol. The van der Waals surface area contributed by atoms with Gasteiger partial charge in [0.05, 0.1) is 6.54 Å². The lowest BCUT2D eigenvalue weighted by atomic mass is 10.1. The Morgan fingerprint density at radius 1 is 1.14 bits per heavy atom. The lowest BCUT2D eigenvalue weighted by Crippen LogP contribution is -2.41. The first kappa shape index (κ1) is 23.7. The summed E-state index contributed by atoms with van der Waals surface area (Å²) in [4.78, 5) is 42.3. The van der Waals surface area contributed by atoms with Crippen LogP contribution in [0.15, 0.2) is 74.8 Å². The van der Waals surface area contributed by atoms with Crippen LogP contribution in [0.2, 0.25) is 0 Å². The zero-order valence-corrected chi connectivity index (χ0v) is 19.0. The summed E-state index contributed by atoms with van der Waals surface area (Å²) in [6.45, 7) is 2.20. The molecule has 3 N–H and O–H groups in total. The fourth-order valence-electron chi connectivity index (χ4n) is 3.69. The molecule has 0 bridgehead atoms. The zero-order chi connectivity index (χ0) is 24.9. The number of aromatic amines is 1. The summed E-state index contributed by atoms with van der Waals surface area (Å²) < 4.78 is 20.1. The van der Waals surface area contributed by atoms with Crippen molar-refractivity contribution >= 4 is 17.4 Å². The molecule has 1 amide bonds. The van der Waals surface area contributed by atoms with Crippen LogP contribution in [0.3, 0.4) is 0 Å². The van der Waals surface area contributed by atoms with E-state index >= 15 is 0 Å². The topological polar surface area (TPSA) is 127 Å². The normalized spacial score (nSPS) is 10.9. The van der Waals surface area contributed by atoms with E-state index in [1.54, 1.807) is 6.07 Å². The quantitative estimate of drug-likeness (QED) is 0.400. The van der Waals surface area contributed by atoms with Crippen molar-refractivity contribution in [1.29, 1.82) is 0 Å². The van der Waals surface area contributed by atoms with Gasteiger partial charge in [-0.2, -0.15) is 0 Å². The Kier molecular flexibility index (Phi) is 6.91. The number of carbonyl (C=O) groups is 1. The van der Waals surface area contributed by atoms with E-state index in [-0.39, 0.29) is 36.0 Å². The maximum absolute atomic E-state index is 13.6. The summed E-state index contributed by atoms with van der Waals surface area (Å²) in [7, 11) is 0. The second-order valence-electron chi connectivity index (χ2n) is 7.96. The van der Waals surface area contributed by atoms with Gasteiger partial charge >= 0.3 is 5.69 Å². The van der Waals surface area contributed by atoms with Crippen molar-refractivity contribution in [1.82, 2.24) is 14.7 Å². The predicted molar refractivity (Wildman–Crippen MR) is 130 cm³/mol. The predicted octanol–water partition coefficient (Wildman–Crippen LogP) is 3.41. The number of hydrogen-bond acceptors (Lipinski definition) is 6. The van der Waals surface area contributed by atoms with Crippen LogP contribution in [-0.2, 0) is 6.54 Å². The number of rotatable bonds is 8. The number of halogens is 1. The van der Waals surface area contributed by atoms with Crippen LogP contribution in [0.4, 0.5) is 15.9 Å². The highest BCUT2D eigenvalue weighted by Crippen LogP contribution is 2.24. The number of nitrogen functional groups attached to an aromatic ring is 1. The van der Waals surface area contributed by atoms with E-state index in [0.717, 1.165) is 12.0 Å². The second-order valence-corrected chi connectivity index (χ2v) is 7.96. The van der Waals surface area contributed by atoms with Crippen LogP contribution in [0.25, 0.3) is 11.3 Å². The first-order valence-corrected chi connectivity index (χ1v) is 11.1. The number of nitrogens with one attached hydrogen (secondary N) is 1. The average molecular weight is 477 g/mol. The van der Waals surface area contributed by atoms with Gasteiger partial charge in [-0.1, -0.05) is 61.0 Å². The molecule has 0 spiro atoms. The Balaban J connectivity index is 1.75. The van der Waals surface area contributed by atoms with E-state index in [1.807, 2.05) is 37.3 Å². The van der Waals surface area contributed by atoms with E-state index < -0.39 is 23.0 Å². The number of unbranched alkanes of at least 4 members (excludes halogenated alkanes) is 1. The van der Waals surface area contributed by atoms with E-state index in [4.69, 9.17) is 10.3 Å². The van der Waals surface area contributed by atoms with Crippen LogP contribution in [0.1, 0.15) is 35.9 Å². The molecule has 0 atom stereocenters. The molecule has 35 heavy (non-hydrogen) atoms. The van der Waals surface area contributed by atoms with E-state index in [0.29, 0.717) is 12.0 Å². The monoisotopic (exact) mass is 477 g/mol. The molecule has 0 saturated heterocycles. The summed E-state index contributed by atoms with van der Waals surface area (Å²) >= 11 is 0. The third kappa shape index (κ3) is 5.06. The third-order valence-electron chi connectivity index (χ3n) is 5.49. The molecule has 0 saturated carbocycles. The Bertz CT molecular complexity index is 1460. The number of carbonyl (C=O) groups excluding carboxylic acids is 1. The minimum absolute atomic E-state index is 0.108. The third-order valence-corrected chi connectivity index (χ3v) is 5.49. The molecule has 2 heterocycles. The van der Waals surface area contributed by atoms with Crippen molar-refractivity contribution in [2.45, 2.75) is 26.3 Å². The fourth-order valence-corrected chi connectivity index (χ4v) is 3.69. The number of benzene rings is 2. The number of nitrogens with zero attached hydrogens (tertiary/aromatic N) is 3. The average Bonchev–Trinajstić information content (AvgIpc) is 3.34. The van der Waals surface area contributed by atoms with Gasteiger partial charge in [-0.3, -0.25) is 24.0 Å². The number of hydrogen-bond donors (Lipinski definition) is 2. The smallest absolute Gasteiger partial charge is 0.330 e. The maximum atomic E-state index is 13.6. The number of anilines is 2. The summed E-state index contributed by atoms with van der Waals surface area (Å²) in [6, 6.07) is 16.2. The highest BCUT2D eigenvalue weighted by Gasteiger charge is 2.28. The highest BCUT2D eigenvalue weighted by atomic mass is 19.1. The molecule has 0 aliphatic rings. The Morgan fingerprint density at radius 3 is 2.63 bits per heavy atom. The van der Waals surface area contributed by atoms with E-state index in [9.17, 15) is 18.8 Å². The Morgan fingerprint density at radius 2 is 1.91 bits per heavy atom. The highest BCUT2D eigenvalue weighted by molar-refractivity contribution is 6.05. The number of amides is 1. The summed E-state index contributed by atoms with van der Waals surface area (Å²) in [5.74, 6) is -1.41. The zero-order valence-electron chi connectivity index (χ0n) is 19.0. The first-order valence-electron chi connectivity index (χ1n) is 11.1. The molecule has 10 heteroatoms. The second kappa shape index (κ2) is 10.2. The van der Waals surface area contributed by atoms with Gasteiger partial charge in [-0.15, -0.1) is 0 Å². The van der Waals surface area contributed by atoms with Crippen molar-refractivity contribution < 1.29 is 13.7 Å². The molecule has 0 unspecified atom stereocenters. The fraction of sp³-hybridized carbons (Fsp3) is 0.200. The van der Waals surface area contributed by atoms with Gasteiger partial charge in [0.15, 0.2) is 5.69 Å². The Labute approximate surface area is 199 Å². The molecular formula is C25H24FN5O4. The van der Waals surface area contributed by atoms with Crippen molar-refractivity contribution in [3.8, 4) is 11.3 Å². The molecule has 4 rings (SSSR count). The van der Waals surface area contributed by atoms with Crippen LogP contribution in [-0.4, -0.2) is 27.2 Å². The largest absolute Gasteiger partial charge is 0.383 e. The lowest BCUT2D eigenvalue weighted by Gasteiger charge is -2.23. The van der Waals surface area contributed by atoms with Crippen molar-refractivity contribution in [2.75, 3.05) is 17.2 Å². The lowest BCUT2D eigenvalue weighted by molar-refractivity contribution is 0.0950. The molecule has 9 nitrogen and oxygen atoms in total. The van der Waals surface area contributed by atoms with Gasteiger partial charge < -0.3 is 10.3 Å². The molecule has 180 valence electrons. The summed E-state index contributed by atoms with van der Waals surface area (Å²) in [5.41, 5.74) is 6.16. The Hall–Kier alpha value is -4.47.